The third-order valence-corrected chi connectivity index (χ3v) is 3.84. The van der Waals surface area contributed by atoms with Gasteiger partial charge in [-0.2, -0.15) is 0 Å². The second-order valence-electron chi connectivity index (χ2n) is 6.82. The number of nitrogens with zero attached hydrogens (tertiary/aromatic N) is 4. The Balaban J connectivity index is 1.97. The first-order valence-electron chi connectivity index (χ1n) is 7.77. The Bertz CT molecular complexity index is 501. The zero-order chi connectivity index (χ0) is 16.3. The van der Waals surface area contributed by atoms with Gasteiger partial charge in [0.1, 0.15) is 5.60 Å². The SMILES string of the molecule is C[C@H](c1cnccn1)N1CCN(C(=O)OC(C)(C)C)C[C@@H]1C. The van der Waals surface area contributed by atoms with Crippen LogP contribution in [0.25, 0.3) is 0 Å². The molecule has 0 radical (unpaired) electrons. The fourth-order valence-corrected chi connectivity index (χ4v) is 2.74. The summed E-state index contributed by atoms with van der Waals surface area (Å²) >= 11 is 0. The highest BCUT2D eigenvalue weighted by atomic mass is 16.6. The van der Waals surface area contributed by atoms with Crippen molar-refractivity contribution in [3.05, 3.63) is 24.3 Å². The first kappa shape index (κ1) is 16.7. The molecule has 1 aliphatic heterocycles. The highest BCUT2D eigenvalue weighted by Gasteiger charge is 2.32. The summed E-state index contributed by atoms with van der Waals surface area (Å²) in [6.07, 6.45) is 4.97. The van der Waals surface area contributed by atoms with E-state index in [0.29, 0.717) is 13.1 Å². The van der Waals surface area contributed by atoms with Crippen molar-refractivity contribution in [2.75, 3.05) is 19.6 Å². The number of rotatable bonds is 2. The normalized spacial score (nSPS) is 21.5. The van der Waals surface area contributed by atoms with Gasteiger partial charge in [0.25, 0.3) is 0 Å². The van der Waals surface area contributed by atoms with E-state index in [1.54, 1.807) is 23.5 Å². The predicted octanol–water partition coefficient (Wildman–Crippen LogP) is 2.48. The van der Waals surface area contributed by atoms with Gasteiger partial charge in [0, 0.05) is 44.3 Å². The third kappa shape index (κ3) is 4.16. The van der Waals surface area contributed by atoms with E-state index < -0.39 is 5.60 Å². The average molecular weight is 306 g/mol. The second kappa shape index (κ2) is 6.60. The van der Waals surface area contributed by atoms with Crippen LogP contribution in [0.1, 0.15) is 46.4 Å². The van der Waals surface area contributed by atoms with Gasteiger partial charge >= 0.3 is 6.09 Å². The Hall–Kier alpha value is -1.69. The number of hydrogen-bond acceptors (Lipinski definition) is 5. The Morgan fingerprint density at radius 1 is 1.36 bits per heavy atom. The van der Waals surface area contributed by atoms with Gasteiger partial charge in [-0.05, 0) is 34.6 Å². The van der Waals surface area contributed by atoms with Crippen molar-refractivity contribution in [3.8, 4) is 0 Å². The van der Waals surface area contributed by atoms with Crippen LogP contribution >= 0.6 is 0 Å². The van der Waals surface area contributed by atoms with Gasteiger partial charge in [-0.25, -0.2) is 4.79 Å². The largest absolute Gasteiger partial charge is 0.444 e. The lowest BCUT2D eigenvalue weighted by molar-refractivity contribution is -0.00106. The van der Waals surface area contributed by atoms with Crippen LogP contribution in [0.4, 0.5) is 4.79 Å². The van der Waals surface area contributed by atoms with Gasteiger partial charge < -0.3 is 9.64 Å². The molecule has 2 rings (SSSR count). The Kier molecular flexibility index (Phi) is 5.01. The van der Waals surface area contributed by atoms with Crippen molar-refractivity contribution in [1.82, 2.24) is 19.8 Å². The Labute approximate surface area is 132 Å². The molecule has 1 aromatic rings. The molecular formula is C16H26N4O2. The molecular weight excluding hydrogens is 280 g/mol. The smallest absolute Gasteiger partial charge is 0.410 e. The van der Waals surface area contributed by atoms with E-state index in [2.05, 4.69) is 28.7 Å². The Morgan fingerprint density at radius 3 is 2.64 bits per heavy atom. The fourth-order valence-electron chi connectivity index (χ4n) is 2.74. The molecule has 1 saturated heterocycles. The van der Waals surface area contributed by atoms with Crippen molar-refractivity contribution in [2.24, 2.45) is 0 Å². The lowest BCUT2D eigenvalue weighted by atomic mass is 10.1. The van der Waals surface area contributed by atoms with Crippen molar-refractivity contribution in [1.29, 1.82) is 0 Å². The number of carbonyl (C=O) groups is 1. The van der Waals surface area contributed by atoms with E-state index in [-0.39, 0.29) is 18.2 Å². The molecule has 6 nitrogen and oxygen atoms in total. The van der Waals surface area contributed by atoms with Crippen LogP contribution in [0.5, 0.6) is 0 Å². The topological polar surface area (TPSA) is 58.6 Å². The molecule has 0 aromatic carbocycles. The van der Waals surface area contributed by atoms with Crippen LogP contribution < -0.4 is 0 Å². The molecule has 2 atom stereocenters. The van der Waals surface area contributed by atoms with Crippen LogP contribution in [-0.4, -0.2) is 57.1 Å². The molecule has 1 aromatic heterocycles. The maximum absolute atomic E-state index is 12.2. The molecule has 0 N–H and O–H groups in total. The van der Waals surface area contributed by atoms with Gasteiger partial charge in [0.15, 0.2) is 0 Å². The maximum Gasteiger partial charge on any atom is 0.410 e. The molecule has 0 spiro atoms. The summed E-state index contributed by atoms with van der Waals surface area (Å²) in [4.78, 5) is 24.8. The molecule has 0 unspecified atom stereocenters. The van der Waals surface area contributed by atoms with Crippen molar-refractivity contribution in [2.45, 2.75) is 52.3 Å². The predicted molar refractivity (Wildman–Crippen MR) is 84.4 cm³/mol. The van der Waals surface area contributed by atoms with Gasteiger partial charge in [0.2, 0.25) is 0 Å². The molecule has 1 amide bonds. The van der Waals surface area contributed by atoms with E-state index in [4.69, 9.17) is 4.74 Å². The summed E-state index contributed by atoms with van der Waals surface area (Å²) in [6.45, 7) is 12.1. The fraction of sp³-hybridized carbons (Fsp3) is 0.688. The minimum absolute atomic E-state index is 0.185. The van der Waals surface area contributed by atoms with Crippen molar-refractivity contribution < 1.29 is 9.53 Å². The summed E-state index contributed by atoms with van der Waals surface area (Å²) in [7, 11) is 0. The molecule has 1 aliphatic rings. The van der Waals surface area contributed by atoms with Gasteiger partial charge in [-0.3, -0.25) is 14.9 Å². The molecule has 22 heavy (non-hydrogen) atoms. The summed E-state index contributed by atoms with van der Waals surface area (Å²) < 4.78 is 5.45. The third-order valence-electron chi connectivity index (χ3n) is 3.84. The van der Waals surface area contributed by atoms with Crippen molar-refractivity contribution >= 4 is 6.09 Å². The zero-order valence-corrected chi connectivity index (χ0v) is 14.1. The second-order valence-corrected chi connectivity index (χ2v) is 6.82. The lowest BCUT2D eigenvalue weighted by Gasteiger charge is -2.42. The maximum atomic E-state index is 12.2. The highest BCUT2D eigenvalue weighted by Crippen LogP contribution is 2.23. The van der Waals surface area contributed by atoms with E-state index >= 15 is 0 Å². The van der Waals surface area contributed by atoms with Crippen LogP contribution in [-0.2, 0) is 4.74 Å². The van der Waals surface area contributed by atoms with E-state index in [1.807, 2.05) is 20.8 Å². The molecule has 2 heterocycles. The number of ether oxygens (including phenoxy) is 1. The summed E-state index contributed by atoms with van der Waals surface area (Å²) in [5.74, 6) is 0. The number of hydrogen-bond donors (Lipinski definition) is 0. The zero-order valence-electron chi connectivity index (χ0n) is 14.1. The quantitative estimate of drug-likeness (QED) is 0.840. The number of piperazine rings is 1. The van der Waals surface area contributed by atoms with E-state index in [9.17, 15) is 4.79 Å². The van der Waals surface area contributed by atoms with Crippen LogP contribution in [0.2, 0.25) is 0 Å². The number of carbonyl (C=O) groups excluding carboxylic acids is 1. The lowest BCUT2D eigenvalue weighted by Crippen LogP contribution is -2.55. The molecule has 0 bridgehead atoms. The van der Waals surface area contributed by atoms with E-state index in [0.717, 1.165) is 12.2 Å². The summed E-state index contributed by atoms with van der Waals surface area (Å²) in [5.41, 5.74) is 0.504. The van der Waals surface area contributed by atoms with Crippen LogP contribution in [0.15, 0.2) is 18.6 Å². The van der Waals surface area contributed by atoms with Gasteiger partial charge in [-0.1, -0.05) is 0 Å². The molecule has 1 fully saturated rings. The minimum Gasteiger partial charge on any atom is -0.444 e. The van der Waals surface area contributed by atoms with Gasteiger partial charge in [0.05, 0.1) is 11.7 Å². The number of amides is 1. The molecule has 0 aliphatic carbocycles. The monoisotopic (exact) mass is 306 g/mol. The van der Waals surface area contributed by atoms with Crippen LogP contribution in [0.3, 0.4) is 0 Å². The Morgan fingerprint density at radius 2 is 2.09 bits per heavy atom. The molecule has 122 valence electrons. The highest BCUT2D eigenvalue weighted by molar-refractivity contribution is 5.68. The van der Waals surface area contributed by atoms with Crippen molar-refractivity contribution in [3.63, 3.8) is 0 Å². The summed E-state index contributed by atoms with van der Waals surface area (Å²) in [5, 5.41) is 0. The summed E-state index contributed by atoms with van der Waals surface area (Å²) in [6, 6.07) is 0.433. The first-order valence-corrected chi connectivity index (χ1v) is 7.77. The van der Waals surface area contributed by atoms with Crippen LogP contribution in [0, 0.1) is 0 Å². The molecule has 0 saturated carbocycles. The van der Waals surface area contributed by atoms with Gasteiger partial charge in [-0.15, -0.1) is 0 Å². The van der Waals surface area contributed by atoms with E-state index in [1.165, 1.54) is 0 Å². The molecule has 6 heteroatoms. The number of aromatic nitrogens is 2. The minimum atomic E-state index is -0.454. The standard InChI is InChI=1S/C16H26N4O2/c1-12-11-19(15(21)22-16(3,4)5)8-9-20(12)13(2)14-10-17-6-7-18-14/h6-7,10,12-13H,8-9,11H2,1-5H3/t12-,13+/m0/s1. The first-order chi connectivity index (χ1) is 10.3. The average Bonchev–Trinajstić information content (AvgIpc) is 2.45.